The maximum Gasteiger partial charge on any atom is 0.141 e. The Labute approximate surface area is 119 Å². The van der Waals surface area contributed by atoms with Crippen molar-refractivity contribution in [1.29, 1.82) is 0 Å². The zero-order valence-electron chi connectivity index (χ0n) is 10.3. The van der Waals surface area contributed by atoms with Crippen molar-refractivity contribution in [1.82, 2.24) is 0 Å². The van der Waals surface area contributed by atoms with Crippen molar-refractivity contribution in [2.24, 2.45) is 0 Å². The van der Waals surface area contributed by atoms with Crippen molar-refractivity contribution in [2.75, 3.05) is 0 Å². The molecular formula is C15H10ClF3O. The largest absolute Gasteiger partial charge is 0.299 e. The fourth-order valence-corrected chi connectivity index (χ4v) is 2.05. The molecule has 0 aliphatic rings. The van der Waals surface area contributed by atoms with Gasteiger partial charge in [-0.3, -0.25) is 4.79 Å². The van der Waals surface area contributed by atoms with Gasteiger partial charge in [0.15, 0.2) is 0 Å². The van der Waals surface area contributed by atoms with Crippen molar-refractivity contribution >= 4 is 17.4 Å². The Balaban J connectivity index is 2.09. The lowest BCUT2D eigenvalue weighted by Crippen LogP contribution is -2.08. The molecule has 0 aliphatic carbocycles. The minimum atomic E-state index is -0.761. The molecule has 0 spiro atoms. The van der Waals surface area contributed by atoms with Crippen LogP contribution in [-0.4, -0.2) is 5.78 Å². The van der Waals surface area contributed by atoms with Gasteiger partial charge in [-0.15, -0.1) is 0 Å². The van der Waals surface area contributed by atoms with Crippen molar-refractivity contribution in [3.63, 3.8) is 0 Å². The summed E-state index contributed by atoms with van der Waals surface area (Å²) < 4.78 is 39.0. The molecule has 0 saturated heterocycles. The predicted octanol–water partition coefficient (Wildman–Crippen LogP) is 4.11. The molecule has 0 unspecified atom stereocenters. The van der Waals surface area contributed by atoms with Gasteiger partial charge in [0.05, 0.1) is 0 Å². The van der Waals surface area contributed by atoms with Crippen molar-refractivity contribution in [2.45, 2.75) is 12.8 Å². The van der Waals surface area contributed by atoms with E-state index >= 15 is 0 Å². The summed E-state index contributed by atoms with van der Waals surface area (Å²) in [5.41, 5.74) is 0.593. The molecule has 2 rings (SSSR count). The summed E-state index contributed by atoms with van der Waals surface area (Å²) in [5, 5.41) is 0.151. The predicted molar refractivity (Wildman–Crippen MR) is 70.2 cm³/mol. The SMILES string of the molecule is O=C(Cc1ccc(F)cc1F)Cc1ccc(F)cc1Cl. The Morgan fingerprint density at radius 1 is 0.900 bits per heavy atom. The molecule has 1 nitrogen and oxygen atoms in total. The number of ketones is 1. The van der Waals surface area contributed by atoms with E-state index in [1.807, 2.05) is 0 Å². The minimum absolute atomic E-state index is 0.0318. The maximum absolute atomic E-state index is 13.4. The van der Waals surface area contributed by atoms with Crippen LogP contribution in [0.1, 0.15) is 11.1 Å². The third kappa shape index (κ3) is 3.61. The fraction of sp³-hybridized carbons (Fsp3) is 0.133. The first-order valence-corrected chi connectivity index (χ1v) is 6.23. The van der Waals surface area contributed by atoms with E-state index in [0.717, 1.165) is 18.2 Å². The Kier molecular flexibility index (Phi) is 4.45. The zero-order valence-corrected chi connectivity index (χ0v) is 11.1. The summed E-state index contributed by atoms with van der Waals surface area (Å²) in [6.07, 6.45) is -0.199. The van der Waals surface area contributed by atoms with Crippen LogP contribution in [0.5, 0.6) is 0 Å². The minimum Gasteiger partial charge on any atom is -0.299 e. The first-order chi connectivity index (χ1) is 9.45. The first-order valence-electron chi connectivity index (χ1n) is 5.85. The van der Waals surface area contributed by atoms with Crippen molar-refractivity contribution in [3.05, 3.63) is 70.0 Å². The first kappa shape index (κ1) is 14.6. The Morgan fingerprint density at radius 3 is 2.05 bits per heavy atom. The number of Topliss-reactive ketones (excluding diaryl/α,β-unsaturated/α-hetero) is 1. The van der Waals surface area contributed by atoms with E-state index in [1.54, 1.807) is 0 Å². The summed E-state index contributed by atoms with van der Waals surface area (Å²) in [6, 6.07) is 6.78. The molecule has 0 amide bonds. The molecule has 0 fully saturated rings. The smallest absolute Gasteiger partial charge is 0.141 e. The van der Waals surface area contributed by atoms with Crippen LogP contribution in [0.4, 0.5) is 13.2 Å². The third-order valence-electron chi connectivity index (χ3n) is 2.81. The van der Waals surface area contributed by atoms with Crippen LogP contribution in [0.15, 0.2) is 36.4 Å². The van der Waals surface area contributed by atoms with E-state index in [0.29, 0.717) is 5.56 Å². The van der Waals surface area contributed by atoms with Crippen LogP contribution < -0.4 is 0 Å². The second-order valence-electron chi connectivity index (χ2n) is 4.36. The number of halogens is 4. The van der Waals surface area contributed by atoms with Crippen LogP contribution in [0.25, 0.3) is 0 Å². The average molecular weight is 299 g/mol. The summed E-state index contributed by atoms with van der Waals surface area (Å²) in [7, 11) is 0. The van der Waals surface area contributed by atoms with Gasteiger partial charge in [-0.2, -0.15) is 0 Å². The number of carbonyl (C=O) groups excluding carboxylic acids is 1. The van der Waals surface area contributed by atoms with Gasteiger partial charge in [0.2, 0.25) is 0 Å². The number of benzene rings is 2. The lowest BCUT2D eigenvalue weighted by Gasteiger charge is -2.05. The van der Waals surface area contributed by atoms with Crippen molar-refractivity contribution in [3.8, 4) is 0 Å². The monoisotopic (exact) mass is 298 g/mol. The molecule has 5 heteroatoms. The molecule has 0 aliphatic heterocycles. The number of rotatable bonds is 4. The highest BCUT2D eigenvalue weighted by Crippen LogP contribution is 2.19. The van der Waals surface area contributed by atoms with Gasteiger partial charge in [0.1, 0.15) is 23.2 Å². The summed E-state index contributed by atoms with van der Waals surface area (Å²) in [4.78, 5) is 11.8. The standard InChI is InChI=1S/C15H10ClF3O/c16-14-7-11(17)3-1-9(14)5-13(20)6-10-2-4-12(18)8-15(10)19/h1-4,7-8H,5-6H2. The summed E-state index contributed by atoms with van der Waals surface area (Å²) in [5.74, 6) is -2.23. The van der Waals surface area contributed by atoms with E-state index in [-0.39, 0.29) is 29.2 Å². The molecule has 0 saturated carbocycles. The van der Waals surface area contributed by atoms with Gasteiger partial charge >= 0.3 is 0 Å². The van der Waals surface area contributed by atoms with Gasteiger partial charge < -0.3 is 0 Å². The Hall–Kier alpha value is -1.81. The van der Waals surface area contributed by atoms with Gasteiger partial charge in [0.25, 0.3) is 0 Å². The summed E-state index contributed by atoms with van der Waals surface area (Å²) in [6.45, 7) is 0. The van der Waals surface area contributed by atoms with Crippen LogP contribution in [0, 0.1) is 17.5 Å². The van der Waals surface area contributed by atoms with Crippen LogP contribution in [0.2, 0.25) is 5.02 Å². The van der Waals surface area contributed by atoms with Crippen LogP contribution in [-0.2, 0) is 17.6 Å². The van der Waals surface area contributed by atoms with Gasteiger partial charge in [0, 0.05) is 23.9 Å². The molecule has 2 aromatic carbocycles. The molecule has 0 radical (unpaired) electrons. The summed E-state index contributed by atoms with van der Waals surface area (Å²) >= 11 is 5.81. The lowest BCUT2D eigenvalue weighted by atomic mass is 10.0. The number of hydrogen-bond donors (Lipinski definition) is 0. The van der Waals surface area contributed by atoms with Gasteiger partial charge in [-0.25, -0.2) is 13.2 Å². The van der Waals surface area contributed by atoms with E-state index < -0.39 is 17.5 Å². The quantitative estimate of drug-likeness (QED) is 0.830. The maximum atomic E-state index is 13.4. The molecule has 0 bridgehead atoms. The van der Waals surface area contributed by atoms with E-state index in [1.165, 1.54) is 18.2 Å². The lowest BCUT2D eigenvalue weighted by molar-refractivity contribution is -0.117. The molecule has 0 aromatic heterocycles. The van der Waals surface area contributed by atoms with Gasteiger partial charge in [-0.05, 0) is 29.3 Å². The molecule has 2 aromatic rings. The molecule has 0 N–H and O–H groups in total. The highest BCUT2D eigenvalue weighted by molar-refractivity contribution is 6.31. The van der Waals surface area contributed by atoms with Crippen LogP contribution in [0.3, 0.4) is 0 Å². The topological polar surface area (TPSA) is 17.1 Å². The second-order valence-corrected chi connectivity index (χ2v) is 4.77. The molecular weight excluding hydrogens is 289 g/mol. The third-order valence-corrected chi connectivity index (χ3v) is 3.16. The van der Waals surface area contributed by atoms with Crippen LogP contribution >= 0.6 is 11.6 Å². The van der Waals surface area contributed by atoms with Crippen molar-refractivity contribution < 1.29 is 18.0 Å². The fourth-order valence-electron chi connectivity index (χ4n) is 1.82. The number of hydrogen-bond acceptors (Lipinski definition) is 1. The highest BCUT2D eigenvalue weighted by atomic mass is 35.5. The molecule has 104 valence electrons. The number of carbonyl (C=O) groups is 1. The zero-order chi connectivity index (χ0) is 14.7. The molecule has 0 heterocycles. The second kappa shape index (κ2) is 6.09. The normalized spacial score (nSPS) is 10.6. The van der Waals surface area contributed by atoms with E-state index in [2.05, 4.69) is 0 Å². The molecule has 0 atom stereocenters. The molecule has 20 heavy (non-hydrogen) atoms. The average Bonchev–Trinajstić information content (AvgIpc) is 2.36. The Morgan fingerprint density at radius 2 is 1.45 bits per heavy atom. The highest BCUT2D eigenvalue weighted by Gasteiger charge is 2.12. The Bertz CT molecular complexity index is 600. The van der Waals surface area contributed by atoms with Gasteiger partial charge in [-0.1, -0.05) is 23.7 Å². The van der Waals surface area contributed by atoms with E-state index in [9.17, 15) is 18.0 Å². The van der Waals surface area contributed by atoms with E-state index in [4.69, 9.17) is 11.6 Å².